The Bertz CT molecular complexity index is 6.00. The van der Waals surface area contributed by atoms with Gasteiger partial charge in [-0.25, -0.2) is 0 Å². The van der Waals surface area contributed by atoms with Gasteiger partial charge in [0.1, 0.15) is 0 Å². The molecule has 0 unspecified atom stereocenters. The van der Waals surface area contributed by atoms with Crippen molar-refractivity contribution in [3.05, 3.63) is 0 Å². The summed E-state index contributed by atoms with van der Waals surface area (Å²) >= 11 is 8.53. The van der Waals surface area contributed by atoms with Gasteiger partial charge >= 0.3 is 0 Å². The summed E-state index contributed by atoms with van der Waals surface area (Å²) in [7, 11) is 0. The SMILES string of the molecule is ClOCl.[Cd]. The Hall–Kier alpha value is 1.46. The van der Waals surface area contributed by atoms with Crippen LogP contribution in [0.2, 0.25) is 0 Å². The molecule has 0 aromatic heterocycles. The van der Waals surface area contributed by atoms with E-state index >= 15 is 0 Å². The second kappa shape index (κ2) is 8.82. The molecule has 0 aromatic carbocycles. The van der Waals surface area contributed by atoms with Crippen molar-refractivity contribution in [1.29, 1.82) is 0 Å². The van der Waals surface area contributed by atoms with E-state index in [0.29, 0.717) is 0 Å². The number of rotatable bonds is 0. The van der Waals surface area contributed by atoms with E-state index in [4.69, 9.17) is 0 Å². The Labute approximate surface area is 54.7 Å². The largest absolute Gasteiger partial charge is 0.166 e. The van der Waals surface area contributed by atoms with Crippen molar-refractivity contribution in [3.8, 4) is 0 Å². The van der Waals surface area contributed by atoms with Gasteiger partial charge in [-0.1, -0.05) is 0 Å². The Kier molecular flexibility index (Phi) is 20.0. The standard InChI is InChI=1S/Cd.Cl2O/c;1-3-2. The molecular formula is CdCl2O. The minimum atomic E-state index is 0. The van der Waals surface area contributed by atoms with Gasteiger partial charge in [-0.3, -0.25) is 0 Å². The summed E-state index contributed by atoms with van der Waals surface area (Å²) in [6, 6.07) is 0. The van der Waals surface area contributed by atoms with Gasteiger partial charge in [-0.2, -0.15) is 3.84 Å². The molecular weight excluding hydrogens is 199 g/mol. The van der Waals surface area contributed by atoms with E-state index < -0.39 is 0 Å². The number of hydrogen-bond acceptors (Lipinski definition) is 1. The third-order valence-corrected chi connectivity index (χ3v) is 0. The molecule has 0 N–H and O–H groups in total. The summed E-state index contributed by atoms with van der Waals surface area (Å²) in [6.45, 7) is 0. The van der Waals surface area contributed by atoms with Crippen molar-refractivity contribution >= 4 is 23.7 Å². The van der Waals surface area contributed by atoms with E-state index in [0.717, 1.165) is 0 Å². The number of halogens is 2. The molecule has 4 heavy (non-hydrogen) atoms. The molecule has 0 aliphatic heterocycles. The molecule has 0 bridgehead atoms. The van der Waals surface area contributed by atoms with Crippen LogP contribution in [0.1, 0.15) is 0 Å². The van der Waals surface area contributed by atoms with Crippen LogP contribution in [-0.2, 0) is 31.1 Å². The molecule has 0 saturated carbocycles. The maximum Gasteiger partial charge on any atom is 0.0832 e. The van der Waals surface area contributed by atoms with Gasteiger partial charge < -0.3 is 0 Å². The van der Waals surface area contributed by atoms with Crippen LogP contribution in [0.15, 0.2) is 0 Å². The van der Waals surface area contributed by atoms with Gasteiger partial charge in [-0.15, -0.1) is 0 Å². The van der Waals surface area contributed by atoms with Crippen molar-refractivity contribution in [3.63, 3.8) is 0 Å². The van der Waals surface area contributed by atoms with Crippen LogP contribution in [-0.4, -0.2) is 0 Å². The normalized spacial score (nSPS) is 4.50. The molecule has 0 spiro atoms. The van der Waals surface area contributed by atoms with E-state index in [1.165, 1.54) is 0 Å². The average Bonchev–Trinajstić information content (AvgIpc) is 0.918. The van der Waals surface area contributed by atoms with E-state index in [1.807, 2.05) is 0 Å². The summed E-state index contributed by atoms with van der Waals surface area (Å²) in [5, 5.41) is 0. The molecule has 0 aliphatic carbocycles. The minimum absolute atomic E-state index is 0. The van der Waals surface area contributed by atoms with Crippen LogP contribution < -0.4 is 0 Å². The Balaban J connectivity index is 0. The van der Waals surface area contributed by atoms with Gasteiger partial charge in [0.2, 0.25) is 0 Å². The van der Waals surface area contributed by atoms with Gasteiger partial charge in [-0.05, 0) is 0 Å². The van der Waals surface area contributed by atoms with Crippen molar-refractivity contribution in [1.82, 2.24) is 0 Å². The van der Waals surface area contributed by atoms with E-state index in [2.05, 4.69) is 27.6 Å². The molecule has 1 nitrogen and oxygen atoms in total. The molecule has 22 valence electrons. The second-order valence-electron chi connectivity index (χ2n) is 0.0583. The fourth-order valence-electron chi connectivity index (χ4n) is 0. The topological polar surface area (TPSA) is 9.23 Å². The van der Waals surface area contributed by atoms with E-state index in [-0.39, 0.29) is 27.3 Å². The van der Waals surface area contributed by atoms with Crippen LogP contribution >= 0.6 is 23.7 Å². The second-order valence-corrected chi connectivity index (χ2v) is 0.525. The maximum absolute atomic E-state index is 4.26. The minimum Gasteiger partial charge on any atom is -0.166 e. The molecule has 0 aliphatic rings. The van der Waals surface area contributed by atoms with Gasteiger partial charge in [0.15, 0.2) is 0 Å². The number of hydrogen-bond donors (Lipinski definition) is 0. The average molecular weight is 199 g/mol. The van der Waals surface area contributed by atoms with Crippen LogP contribution in [0.3, 0.4) is 0 Å². The molecule has 0 fully saturated rings. The first kappa shape index (κ1) is 9.07. The third-order valence-electron chi connectivity index (χ3n) is 0. The van der Waals surface area contributed by atoms with Gasteiger partial charge in [0.25, 0.3) is 0 Å². The first-order valence-corrected chi connectivity index (χ1v) is 0.926. The Morgan fingerprint density at radius 3 is 1.25 bits per heavy atom. The summed E-state index contributed by atoms with van der Waals surface area (Å²) in [6.07, 6.45) is 0. The molecule has 0 atom stereocenters. The molecule has 0 saturated heterocycles. The van der Waals surface area contributed by atoms with Crippen molar-refractivity contribution in [2.45, 2.75) is 0 Å². The quantitative estimate of drug-likeness (QED) is 0.534. The molecule has 4 heteroatoms. The van der Waals surface area contributed by atoms with Crippen molar-refractivity contribution < 1.29 is 31.1 Å². The van der Waals surface area contributed by atoms with Crippen LogP contribution in [0.5, 0.6) is 0 Å². The zero-order chi connectivity index (χ0) is 2.71. The van der Waals surface area contributed by atoms with Crippen molar-refractivity contribution in [2.75, 3.05) is 0 Å². The molecule has 0 radical (unpaired) electrons. The Morgan fingerprint density at radius 2 is 1.25 bits per heavy atom. The first-order valence-electron chi connectivity index (χ1n) is 0.309. The zero-order valence-corrected chi connectivity index (χ0v) is 7.42. The molecule has 0 aromatic rings. The van der Waals surface area contributed by atoms with Gasteiger partial charge in [0, 0.05) is 27.3 Å². The van der Waals surface area contributed by atoms with Crippen LogP contribution in [0, 0.1) is 0 Å². The molecule has 0 heterocycles. The smallest absolute Gasteiger partial charge is 0.0832 e. The monoisotopic (exact) mass is 200 g/mol. The van der Waals surface area contributed by atoms with Crippen molar-refractivity contribution in [2.24, 2.45) is 0 Å². The fraction of sp³-hybridized carbons (Fsp3) is 0. The Morgan fingerprint density at radius 1 is 1.25 bits per heavy atom. The van der Waals surface area contributed by atoms with E-state index in [9.17, 15) is 0 Å². The summed E-state index contributed by atoms with van der Waals surface area (Å²) in [5.74, 6) is 0. The predicted octanol–water partition coefficient (Wildman–Crippen LogP) is 1.31. The molecule has 0 rings (SSSR count). The predicted molar refractivity (Wildman–Crippen MR) is 12.8 cm³/mol. The summed E-state index contributed by atoms with van der Waals surface area (Å²) < 4.78 is 3.19. The van der Waals surface area contributed by atoms with Crippen LogP contribution in [0.25, 0.3) is 0 Å². The van der Waals surface area contributed by atoms with E-state index in [1.54, 1.807) is 0 Å². The zero-order valence-electron chi connectivity index (χ0n) is 1.87. The fourth-order valence-corrected chi connectivity index (χ4v) is 0. The third kappa shape index (κ3) is 9.82. The first-order chi connectivity index (χ1) is 1.41. The van der Waals surface area contributed by atoms with Gasteiger partial charge in [0.05, 0.1) is 23.7 Å². The summed E-state index contributed by atoms with van der Waals surface area (Å²) in [5.41, 5.74) is 0. The van der Waals surface area contributed by atoms with Crippen LogP contribution in [0.4, 0.5) is 0 Å². The maximum atomic E-state index is 4.26. The summed E-state index contributed by atoms with van der Waals surface area (Å²) in [4.78, 5) is 0. The molecule has 0 amide bonds.